The molecule has 0 aliphatic heterocycles. The average molecular weight is 351 g/mol. The van der Waals surface area contributed by atoms with Crippen molar-refractivity contribution in [2.45, 2.75) is 32.2 Å². The zero-order valence-corrected chi connectivity index (χ0v) is 14.6. The first-order valence-corrected chi connectivity index (χ1v) is 8.87. The third kappa shape index (κ3) is 3.08. The number of rotatable bonds is 6. The van der Waals surface area contributed by atoms with Crippen LogP contribution in [0.5, 0.6) is 5.75 Å². The monoisotopic (exact) mass is 351 g/mol. The van der Waals surface area contributed by atoms with Gasteiger partial charge in [-0.05, 0) is 31.4 Å². The number of amides is 1. The maximum atomic E-state index is 12.2. The van der Waals surface area contributed by atoms with Crippen molar-refractivity contribution in [1.82, 2.24) is 19.7 Å². The SMILES string of the molecule is CCCNc1nccn2c(-c3ccc(C(=O)NC4CC4)c(O)c3)cnc12. The van der Waals surface area contributed by atoms with Gasteiger partial charge in [-0.15, -0.1) is 0 Å². The Balaban J connectivity index is 1.67. The molecule has 3 aromatic rings. The molecule has 0 atom stereocenters. The number of aromatic hydroxyl groups is 1. The first-order chi connectivity index (χ1) is 12.7. The summed E-state index contributed by atoms with van der Waals surface area (Å²) >= 11 is 0. The number of aromatic nitrogens is 3. The van der Waals surface area contributed by atoms with Gasteiger partial charge in [0.1, 0.15) is 5.75 Å². The largest absolute Gasteiger partial charge is 0.507 e. The Labute approximate surface area is 151 Å². The fraction of sp³-hybridized carbons (Fsp3) is 0.316. The minimum Gasteiger partial charge on any atom is -0.507 e. The van der Waals surface area contributed by atoms with Crippen molar-refractivity contribution in [3.63, 3.8) is 0 Å². The van der Waals surface area contributed by atoms with Crippen LogP contribution >= 0.6 is 0 Å². The summed E-state index contributed by atoms with van der Waals surface area (Å²) in [5, 5.41) is 16.5. The van der Waals surface area contributed by atoms with Crippen molar-refractivity contribution >= 4 is 17.4 Å². The van der Waals surface area contributed by atoms with Crippen LogP contribution in [0, 0.1) is 0 Å². The second-order valence-electron chi connectivity index (χ2n) is 6.52. The van der Waals surface area contributed by atoms with E-state index in [1.165, 1.54) is 0 Å². The molecular weight excluding hydrogens is 330 g/mol. The van der Waals surface area contributed by atoms with Gasteiger partial charge in [0, 0.05) is 30.5 Å². The third-order valence-corrected chi connectivity index (χ3v) is 4.42. The van der Waals surface area contributed by atoms with Gasteiger partial charge in [-0.2, -0.15) is 0 Å². The fourth-order valence-corrected chi connectivity index (χ4v) is 2.87. The molecule has 1 fully saturated rings. The summed E-state index contributed by atoms with van der Waals surface area (Å²) in [5.41, 5.74) is 2.63. The summed E-state index contributed by atoms with van der Waals surface area (Å²) < 4.78 is 1.92. The first kappa shape index (κ1) is 16.4. The van der Waals surface area contributed by atoms with Crippen molar-refractivity contribution in [3.05, 3.63) is 42.4 Å². The van der Waals surface area contributed by atoms with Crippen molar-refractivity contribution < 1.29 is 9.90 Å². The molecule has 2 aromatic heterocycles. The van der Waals surface area contributed by atoms with Gasteiger partial charge in [-0.1, -0.05) is 13.0 Å². The second-order valence-corrected chi connectivity index (χ2v) is 6.52. The quantitative estimate of drug-likeness (QED) is 0.635. The molecule has 1 saturated carbocycles. The number of imidazole rings is 1. The molecule has 0 spiro atoms. The van der Waals surface area contributed by atoms with Crippen LogP contribution in [0.2, 0.25) is 0 Å². The number of anilines is 1. The summed E-state index contributed by atoms with van der Waals surface area (Å²) in [6.07, 6.45) is 8.30. The van der Waals surface area contributed by atoms with E-state index in [1.807, 2.05) is 16.7 Å². The van der Waals surface area contributed by atoms with Crippen LogP contribution < -0.4 is 10.6 Å². The molecule has 1 aliphatic carbocycles. The summed E-state index contributed by atoms with van der Waals surface area (Å²) in [7, 11) is 0. The van der Waals surface area contributed by atoms with Crippen molar-refractivity contribution in [2.75, 3.05) is 11.9 Å². The number of phenols is 1. The number of nitrogens with one attached hydrogen (secondary N) is 2. The Morgan fingerprint density at radius 2 is 2.19 bits per heavy atom. The smallest absolute Gasteiger partial charge is 0.255 e. The molecule has 0 saturated heterocycles. The molecule has 1 aromatic carbocycles. The molecule has 26 heavy (non-hydrogen) atoms. The van der Waals surface area contributed by atoms with E-state index in [-0.39, 0.29) is 17.7 Å². The zero-order chi connectivity index (χ0) is 18.1. The molecule has 1 amide bonds. The maximum Gasteiger partial charge on any atom is 0.255 e. The predicted octanol–water partition coefficient (Wildman–Crippen LogP) is 2.82. The zero-order valence-electron chi connectivity index (χ0n) is 14.6. The average Bonchev–Trinajstić information content (AvgIpc) is 3.34. The number of nitrogens with zero attached hydrogens (tertiary/aromatic N) is 3. The first-order valence-electron chi connectivity index (χ1n) is 8.87. The maximum absolute atomic E-state index is 12.2. The number of hydrogen-bond donors (Lipinski definition) is 3. The predicted molar refractivity (Wildman–Crippen MR) is 99.4 cm³/mol. The van der Waals surface area contributed by atoms with Crippen LogP contribution in [0.1, 0.15) is 36.5 Å². The minimum absolute atomic E-state index is 0.0333. The Morgan fingerprint density at radius 3 is 2.92 bits per heavy atom. The van der Waals surface area contributed by atoms with E-state index in [0.717, 1.165) is 48.5 Å². The summed E-state index contributed by atoms with van der Waals surface area (Å²) in [6.45, 7) is 2.91. The van der Waals surface area contributed by atoms with E-state index < -0.39 is 0 Å². The Bertz CT molecular complexity index is 962. The molecular formula is C19H21N5O2. The van der Waals surface area contributed by atoms with Crippen LogP contribution in [0.3, 0.4) is 0 Å². The topological polar surface area (TPSA) is 91.6 Å². The van der Waals surface area contributed by atoms with Gasteiger partial charge in [0.2, 0.25) is 0 Å². The normalized spacial score (nSPS) is 13.7. The number of carbonyl (C=O) groups excluding carboxylic acids is 1. The van der Waals surface area contributed by atoms with Crippen molar-refractivity contribution in [2.24, 2.45) is 0 Å². The third-order valence-electron chi connectivity index (χ3n) is 4.42. The minimum atomic E-state index is -0.232. The number of fused-ring (bicyclic) bond motifs is 1. The molecule has 0 bridgehead atoms. The highest BCUT2D eigenvalue weighted by molar-refractivity contribution is 5.97. The van der Waals surface area contributed by atoms with Crippen LogP contribution in [0.25, 0.3) is 16.9 Å². The number of phenolic OH excluding ortho intramolecular Hbond substituents is 1. The molecule has 4 rings (SSSR count). The highest BCUT2D eigenvalue weighted by Gasteiger charge is 2.25. The van der Waals surface area contributed by atoms with Gasteiger partial charge in [-0.25, -0.2) is 9.97 Å². The van der Waals surface area contributed by atoms with E-state index in [0.29, 0.717) is 5.56 Å². The lowest BCUT2D eigenvalue weighted by Crippen LogP contribution is -2.25. The van der Waals surface area contributed by atoms with E-state index in [9.17, 15) is 9.90 Å². The fourth-order valence-electron chi connectivity index (χ4n) is 2.87. The number of hydrogen-bond acceptors (Lipinski definition) is 5. The van der Waals surface area contributed by atoms with Gasteiger partial charge >= 0.3 is 0 Å². The molecule has 134 valence electrons. The van der Waals surface area contributed by atoms with Crippen LogP contribution in [-0.2, 0) is 0 Å². The van der Waals surface area contributed by atoms with Crippen LogP contribution in [-0.4, -0.2) is 38.0 Å². The highest BCUT2D eigenvalue weighted by atomic mass is 16.3. The van der Waals surface area contributed by atoms with Gasteiger partial charge < -0.3 is 15.7 Å². The second kappa shape index (κ2) is 6.67. The standard InChI is InChI=1S/C19H21N5O2/c1-2-7-20-17-18-22-11-15(24(18)9-8-21-17)12-3-6-14(16(25)10-12)19(26)23-13-4-5-13/h3,6,8-11,13,25H,2,4-5,7H2,1H3,(H,20,21)(H,23,26). The molecule has 1 aliphatic rings. The molecule has 7 heteroatoms. The Morgan fingerprint density at radius 1 is 1.35 bits per heavy atom. The molecule has 2 heterocycles. The van der Waals surface area contributed by atoms with E-state index >= 15 is 0 Å². The van der Waals surface area contributed by atoms with Gasteiger partial charge in [0.25, 0.3) is 5.91 Å². The summed E-state index contributed by atoms with van der Waals surface area (Å²) in [5.74, 6) is 0.462. The lowest BCUT2D eigenvalue weighted by molar-refractivity contribution is 0.0948. The highest BCUT2D eigenvalue weighted by Crippen LogP contribution is 2.29. The summed E-state index contributed by atoms with van der Waals surface area (Å²) in [4.78, 5) is 21.0. The van der Waals surface area contributed by atoms with Gasteiger partial charge in [0.15, 0.2) is 11.5 Å². The van der Waals surface area contributed by atoms with Crippen LogP contribution in [0.15, 0.2) is 36.8 Å². The molecule has 0 radical (unpaired) electrons. The van der Waals surface area contributed by atoms with Crippen molar-refractivity contribution in [1.29, 1.82) is 0 Å². The van der Waals surface area contributed by atoms with E-state index in [2.05, 4.69) is 27.5 Å². The van der Waals surface area contributed by atoms with E-state index in [4.69, 9.17) is 0 Å². The number of benzene rings is 1. The van der Waals surface area contributed by atoms with Gasteiger partial charge in [-0.3, -0.25) is 9.20 Å². The van der Waals surface area contributed by atoms with Crippen molar-refractivity contribution in [3.8, 4) is 17.0 Å². The van der Waals surface area contributed by atoms with Crippen LogP contribution in [0.4, 0.5) is 5.82 Å². The summed E-state index contributed by atoms with van der Waals surface area (Å²) in [6, 6.07) is 5.33. The lowest BCUT2D eigenvalue weighted by Gasteiger charge is -2.09. The molecule has 7 nitrogen and oxygen atoms in total. The Kier molecular flexibility index (Phi) is 4.20. The Hall–Kier alpha value is -3.09. The van der Waals surface area contributed by atoms with Gasteiger partial charge in [0.05, 0.1) is 17.5 Å². The molecule has 0 unspecified atom stereocenters. The lowest BCUT2D eigenvalue weighted by atomic mass is 10.1. The number of carbonyl (C=O) groups is 1. The molecule has 3 N–H and O–H groups in total. The van der Waals surface area contributed by atoms with E-state index in [1.54, 1.807) is 24.5 Å².